The molecule has 0 aliphatic carbocycles. The molecule has 0 bridgehead atoms. The summed E-state index contributed by atoms with van der Waals surface area (Å²) in [5.74, 6) is 2.34. The van der Waals surface area contributed by atoms with Crippen LogP contribution in [0, 0.1) is 12.3 Å². The minimum absolute atomic E-state index is 0.0312. The smallest absolute Gasteiger partial charge is 0.261 e. The average molecular weight is 256 g/mol. The van der Waals surface area contributed by atoms with Crippen molar-refractivity contribution < 1.29 is 8.42 Å². The Morgan fingerprint density at radius 2 is 2.35 bits per heavy atom. The molecular weight excluding hydrogens is 240 g/mol. The monoisotopic (exact) mass is 256 g/mol. The van der Waals surface area contributed by atoms with E-state index >= 15 is 0 Å². The highest BCUT2D eigenvalue weighted by molar-refractivity contribution is 7.89. The second kappa shape index (κ2) is 5.82. The highest BCUT2D eigenvalue weighted by Crippen LogP contribution is 2.17. The molecule has 0 fully saturated rings. The molecule has 0 aliphatic rings. The molecule has 7 heteroatoms. The molecule has 1 aromatic heterocycles. The third kappa shape index (κ3) is 2.85. The van der Waals surface area contributed by atoms with E-state index < -0.39 is 10.0 Å². The fourth-order valence-corrected chi connectivity index (χ4v) is 2.99. The van der Waals surface area contributed by atoms with Crippen molar-refractivity contribution in [1.82, 2.24) is 14.5 Å². The first-order valence-electron chi connectivity index (χ1n) is 5.23. The van der Waals surface area contributed by atoms with Crippen LogP contribution < -0.4 is 5.73 Å². The normalized spacial score (nSPS) is 11.6. The SMILES string of the molecule is C#CCN(CCC)S(=O)(=O)c1[nH]ncc1CN. The van der Waals surface area contributed by atoms with Gasteiger partial charge in [-0.2, -0.15) is 9.40 Å². The molecule has 0 unspecified atom stereocenters. The van der Waals surface area contributed by atoms with Gasteiger partial charge in [-0.3, -0.25) is 5.10 Å². The zero-order valence-corrected chi connectivity index (χ0v) is 10.5. The van der Waals surface area contributed by atoms with Gasteiger partial charge < -0.3 is 5.73 Å². The van der Waals surface area contributed by atoms with Crippen LogP contribution in [0.5, 0.6) is 0 Å². The zero-order valence-electron chi connectivity index (χ0n) is 9.68. The lowest BCUT2D eigenvalue weighted by Gasteiger charge is -2.18. The maximum atomic E-state index is 12.3. The Bertz CT molecular complexity index is 501. The van der Waals surface area contributed by atoms with Crippen LogP contribution in [0.4, 0.5) is 0 Å². The molecule has 0 aliphatic heterocycles. The second-order valence-electron chi connectivity index (χ2n) is 3.47. The summed E-state index contributed by atoms with van der Waals surface area (Å²) in [6.45, 7) is 2.41. The van der Waals surface area contributed by atoms with Gasteiger partial charge in [-0.15, -0.1) is 6.42 Å². The predicted octanol–water partition coefficient (Wildman–Crippen LogP) is -0.0977. The zero-order chi connectivity index (χ0) is 12.9. The maximum absolute atomic E-state index is 12.3. The first-order chi connectivity index (χ1) is 8.07. The van der Waals surface area contributed by atoms with E-state index in [1.165, 1.54) is 10.5 Å². The van der Waals surface area contributed by atoms with Crippen LogP contribution in [0.25, 0.3) is 0 Å². The number of hydrogen-bond acceptors (Lipinski definition) is 4. The summed E-state index contributed by atoms with van der Waals surface area (Å²) >= 11 is 0. The van der Waals surface area contributed by atoms with Gasteiger partial charge >= 0.3 is 0 Å². The van der Waals surface area contributed by atoms with Crippen LogP contribution in [0.1, 0.15) is 18.9 Å². The number of nitrogens with two attached hydrogens (primary N) is 1. The van der Waals surface area contributed by atoms with E-state index in [0.29, 0.717) is 18.5 Å². The number of H-pyrrole nitrogens is 1. The van der Waals surface area contributed by atoms with Crippen molar-refractivity contribution >= 4 is 10.0 Å². The molecule has 6 nitrogen and oxygen atoms in total. The molecule has 0 saturated carbocycles. The average Bonchev–Trinajstić information content (AvgIpc) is 2.77. The Hall–Kier alpha value is -1.36. The number of terminal acetylenes is 1. The number of hydrogen-bond donors (Lipinski definition) is 2. The van der Waals surface area contributed by atoms with Crippen LogP contribution in [0.15, 0.2) is 11.2 Å². The van der Waals surface area contributed by atoms with E-state index in [0.717, 1.165) is 0 Å². The summed E-state index contributed by atoms with van der Waals surface area (Å²) in [6.07, 6.45) is 7.27. The van der Waals surface area contributed by atoms with Crippen molar-refractivity contribution in [1.29, 1.82) is 0 Å². The molecule has 0 amide bonds. The third-order valence-electron chi connectivity index (χ3n) is 2.24. The summed E-state index contributed by atoms with van der Waals surface area (Å²) in [4.78, 5) is 0. The van der Waals surface area contributed by atoms with Gasteiger partial charge in [-0.25, -0.2) is 8.42 Å². The molecule has 94 valence electrons. The van der Waals surface area contributed by atoms with Gasteiger partial charge in [-0.05, 0) is 6.42 Å². The van der Waals surface area contributed by atoms with Gasteiger partial charge in [-0.1, -0.05) is 12.8 Å². The molecule has 0 saturated heterocycles. The molecular formula is C10H16N4O2S. The summed E-state index contributed by atoms with van der Waals surface area (Å²) in [5, 5.41) is 6.20. The molecule has 1 aromatic rings. The summed E-state index contributed by atoms with van der Waals surface area (Å²) in [7, 11) is -3.63. The van der Waals surface area contributed by atoms with Gasteiger partial charge in [0.1, 0.15) is 0 Å². The summed E-state index contributed by atoms with van der Waals surface area (Å²) in [6, 6.07) is 0. The number of rotatable bonds is 6. The number of aromatic nitrogens is 2. The Kier molecular flexibility index (Phi) is 4.69. The van der Waals surface area contributed by atoms with E-state index in [2.05, 4.69) is 16.1 Å². The Morgan fingerprint density at radius 3 is 2.88 bits per heavy atom. The summed E-state index contributed by atoms with van der Waals surface area (Å²) < 4.78 is 25.7. The van der Waals surface area contributed by atoms with Crippen LogP contribution in [0.2, 0.25) is 0 Å². The molecule has 17 heavy (non-hydrogen) atoms. The lowest BCUT2D eigenvalue weighted by Crippen LogP contribution is -2.33. The molecule has 0 aromatic carbocycles. The van der Waals surface area contributed by atoms with Crippen LogP contribution in [0.3, 0.4) is 0 Å². The van der Waals surface area contributed by atoms with Crippen molar-refractivity contribution in [3.63, 3.8) is 0 Å². The minimum Gasteiger partial charge on any atom is -0.326 e. The van der Waals surface area contributed by atoms with E-state index in [9.17, 15) is 8.42 Å². The predicted molar refractivity (Wildman–Crippen MR) is 64.4 cm³/mol. The molecule has 1 heterocycles. The number of aromatic amines is 1. The van der Waals surface area contributed by atoms with Crippen molar-refractivity contribution in [3.05, 3.63) is 11.8 Å². The molecule has 0 radical (unpaired) electrons. The van der Waals surface area contributed by atoms with Crippen molar-refractivity contribution in [3.8, 4) is 12.3 Å². The molecule has 1 rings (SSSR count). The highest BCUT2D eigenvalue weighted by atomic mass is 32.2. The summed E-state index contributed by atoms with van der Waals surface area (Å²) in [5.41, 5.74) is 5.92. The van der Waals surface area contributed by atoms with Crippen LogP contribution in [-0.4, -0.2) is 36.0 Å². The maximum Gasteiger partial charge on any atom is 0.261 e. The topological polar surface area (TPSA) is 92.1 Å². The number of sulfonamides is 1. The molecule has 3 N–H and O–H groups in total. The minimum atomic E-state index is -3.63. The lowest BCUT2D eigenvalue weighted by atomic mass is 10.4. The first kappa shape index (κ1) is 13.7. The van der Waals surface area contributed by atoms with Gasteiger partial charge in [0.05, 0.1) is 12.7 Å². The molecule has 0 spiro atoms. The van der Waals surface area contributed by atoms with Crippen molar-refractivity contribution in [2.24, 2.45) is 5.73 Å². The standard InChI is InChI=1S/C10H16N4O2S/c1-3-5-14(6-4-2)17(15,16)10-9(7-11)8-12-13-10/h1,8H,4-7,11H2,2H3,(H,12,13). The fourth-order valence-electron chi connectivity index (χ4n) is 1.43. The van der Waals surface area contributed by atoms with Gasteiger partial charge in [0.25, 0.3) is 10.0 Å². The Labute approximate surface area is 101 Å². The van der Waals surface area contributed by atoms with Gasteiger partial charge in [0.2, 0.25) is 0 Å². The number of nitrogens with one attached hydrogen (secondary N) is 1. The third-order valence-corrected chi connectivity index (χ3v) is 4.10. The molecule has 0 atom stereocenters. The Morgan fingerprint density at radius 1 is 1.65 bits per heavy atom. The van der Waals surface area contributed by atoms with E-state index in [1.54, 1.807) is 0 Å². The second-order valence-corrected chi connectivity index (χ2v) is 5.35. The quantitative estimate of drug-likeness (QED) is 0.695. The van der Waals surface area contributed by atoms with Gasteiger partial charge in [0, 0.05) is 18.7 Å². The fraction of sp³-hybridized carbons (Fsp3) is 0.500. The van der Waals surface area contributed by atoms with E-state index in [1.807, 2.05) is 6.92 Å². The largest absolute Gasteiger partial charge is 0.326 e. The van der Waals surface area contributed by atoms with E-state index in [4.69, 9.17) is 12.2 Å². The van der Waals surface area contributed by atoms with Crippen molar-refractivity contribution in [2.75, 3.05) is 13.1 Å². The van der Waals surface area contributed by atoms with Gasteiger partial charge in [0.15, 0.2) is 5.03 Å². The van der Waals surface area contributed by atoms with Crippen molar-refractivity contribution in [2.45, 2.75) is 24.9 Å². The van der Waals surface area contributed by atoms with Crippen LogP contribution in [-0.2, 0) is 16.6 Å². The van der Waals surface area contributed by atoms with Crippen LogP contribution >= 0.6 is 0 Å². The Balaban J connectivity index is 3.12. The first-order valence-corrected chi connectivity index (χ1v) is 6.67. The number of nitrogens with zero attached hydrogens (tertiary/aromatic N) is 2. The lowest BCUT2D eigenvalue weighted by molar-refractivity contribution is 0.442. The van der Waals surface area contributed by atoms with E-state index in [-0.39, 0.29) is 18.1 Å². The highest BCUT2D eigenvalue weighted by Gasteiger charge is 2.27.